The lowest BCUT2D eigenvalue weighted by atomic mass is 10.0. The molecule has 0 saturated carbocycles. The molecule has 0 aliphatic rings. The molecule has 0 atom stereocenters. The Balaban J connectivity index is 0.000000138. The van der Waals surface area contributed by atoms with Crippen LogP contribution >= 0.6 is 0 Å². The quantitative estimate of drug-likeness (QED) is 0.148. The number of aryl methyl sites for hydroxylation is 8. The Morgan fingerprint density at radius 3 is 1.20 bits per heavy atom. The second kappa shape index (κ2) is 41.5. The predicted octanol–water partition coefficient (Wildman–Crippen LogP) is 24.5. The molecule has 8 heteroatoms. The van der Waals surface area contributed by atoms with Gasteiger partial charge in [0.1, 0.15) is 0 Å². The van der Waals surface area contributed by atoms with E-state index in [2.05, 4.69) is 214 Å². The lowest BCUT2D eigenvalue weighted by molar-refractivity contribution is 1.20. The lowest BCUT2D eigenvalue weighted by Gasteiger charge is -2.03. The van der Waals surface area contributed by atoms with Crippen molar-refractivity contribution >= 4 is 0 Å². The number of hydrogen-bond acceptors (Lipinski definition) is 8. The van der Waals surface area contributed by atoms with Gasteiger partial charge in [-0.2, -0.15) is 0 Å². The van der Waals surface area contributed by atoms with Gasteiger partial charge in [-0.25, -0.2) is 0 Å². The van der Waals surface area contributed by atoms with Crippen molar-refractivity contribution < 1.29 is 0 Å². The van der Waals surface area contributed by atoms with Gasteiger partial charge in [-0.3, -0.25) is 39.9 Å². The van der Waals surface area contributed by atoms with E-state index >= 15 is 0 Å². The van der Waals surface area contributed by atoms with E-state index < -0.39 is 0 Å². The van der Waals surface area contributed by atoms with Crippen molar-refractivity contribution in [2.24, 2.45) is 0 Å². The third-order valence-corrected chi connectivity index (χ3v) is 16.3. The van der Waals surface area contributed by atoms with Gasteiger partial charge in [-0.1, -0.05) is 261 Å². The summed E-state index contributed by atoms with van der Waals surface area (Å²) in [5.41, 5.74) is 28.3. The van der Waals surface area contributed by atoms with E-state index in [1.54, 1.807) is 0 Å². The molecule has 0 fully saturated rings. The molecule has 0 aliphatic heterocycles. The number of pyridine rings is 8. The maximum Gasteiger partial charge on any atom is 0.0731 e. The fraction of sp³-hybridized carbons (Fsp3) is 0.0833. The summed E-state index contributed by atoms with van der Waals surface area (Å²) in [6.07, 6.45) is 18.5. The highest BCUT2D eigenvalue weighted by atomic mass is 14.7. The highest BCUT2D eigenvalue weighted by Crippen LogP contribution is 2.26. The molecule has 0 aliphatic carbocycles. The standard InChI is InChI=1S/8C12H11N/c1-10-6-5-9-13-12(10)11-7-3-2-4-8-11;1-10-6-5-9-12(13-10)11-7-3-2-4-8-11;1-10-12(8-5-9-13-10)11-6-3-2-4-7-11;1-10-7-12(9-13-8-10)11-5-3-2-4-6-11;1-10-9-13-8-7-12(10)11-5-3-2-4-6-11;1-10-9-12(7-8-13-10)11-5-3-2-4-6-11;1-10-7-8-13-9-12(10)11-5-3-2-4-6-11;1-10-7-8-13-12(9-10)11-5-3-2-4-6-11/h8*2-9H,1H3. The van der Waals surface area contributed by atoms with Crippen LogP contribution < -0.4 is 0 Å². The first-order valence-corrected chi connectivity index (χ1v) is 34.7. The molecule has 8 nitrogen and oxygen atoms in total. The minimum absolute atomic E-state index is 1.04. The van der Waals surface area contributed by atoms with Crippen LogP contribution in [0.2, 0.25) is 0 Å². The molecular weight excluding hydrogens is 1270 g/mol. The Hall–Kier alpha value is -13.0. The van der Waals surface area contributed by atoms with Gasteiger partial charge >= 0.3 is 0 Å². The van der Waals surface area contributed by atoms with Gasteiger partial charge < -0.3 is 0 Å². The first-order valence-electron chi connectivity index (χ1n) is 34.7. The molecule has 16 rings (SSSR count). The van der Waals surface area contributed by atoms with Crippen LogP contribution in [-0.2, 0) is 0 Å². The maximum absolute atomic E-state index is 4.44. The van der Waals surface area contributed by atoms with Gasteiger partial charge in [0.25, 0.3) is 0 Å². The average molecular weight is 1350 g/mol. The van der Waals surface area contributed by atoms with E-state index in [1.165, 1.54) is 100 Å². The van der Waals surface area contributed by atoms with Gasteiger partial charge in [0.15, 0.2) is 0 Å². The van der Waals surface area contributed by atoms with Crippen molar-refractivity contribution in [2.75, 3.05) is 0 Å². The summed E-state index contributed by atoms with van der Waals surface area (Å²) >= 11 is 0. The van der Waals surface area contributed by atoms with Crippen molar-refractivity contribution in [3.05, 3.63) is 434 Å². The summed E-state index contributed by atoms with van der Waals surface area (Å²) in [5.74, 6) is 0. The summed E-state index contributed by atoms with van der Waals surface area (Å²) in [6, 6.07) is 111. The second-order valence-electron chi connectivity index (χ2n) is 24.4. The van der Waals surface area contributed by atoms with Crippen LogP contribution in [0.4, 0.5) is 0 Å². The molecule has 8 aromatic carbocycles. The molecule has 512 valence electrons. The molecule has 16 aromatic rings. The zero-order valence-electron chi connectivity index (χ0n) is 60.5. The van der Waals surface area contributed by atoms with Crippen LogP contribution in [0.15, 0.2) is 390 Å². The molecule has 0 amide bonds. The third kappa shape index (κ3) is 24.7. The second-order valence-corrected chi connectivity index (χ2v) is 24.4. The largest absolute Gasteiger partial charge is 0.264 e. The van der Waals surface area contributed by atoms with Crippen LogP contribution in [-0.4, -0.2) is 39.9 Å². The molecule has 0 spiro atoms. The highest BCUT2D eigenvalue weighted by molar-refractivity contribution is 5.69. The van der Waals surface area contributed by atoms with E-state index in [0.29, 0.717) is 0 Å². The van der Waals surface area contributed by atoms with Crippen LogP contribution in [0.3, 0.4) is 0 Å². The first kappa shape index (κ1) is 75.2. The van der Waals surface area contributed by atoms with Gasteiger partial charge in [-0.15, -0.1) is 0 Å². The van der Waals surface area contributed by atoms with Crippen LogP contribution in [0.25, 0.3) is 89.4 Å². The highest BCUT2D eigenvalue weighted by Gasteiger charge is 2.05. The fourth-order valence-electron chi connectivity index (χ4n) is 10.9. The van der Waals surface area contributed by atoms with Crippen LogP contribution in [0, 0.1) is 55.4 Å². The van der Waals surface area contributed by atoms with Crippen molar-refractivity contribution in [3.8, 4) is 89.4 Å². The Bertz CT molecular complexity index is 4440. The van der Waals surface area contributed by atoms with Gasteiger partial charge in [0.05, 0.1) is 17.1 Å². The molecule has 104 heavy (non-hydrogen) atoms. The monoisotopic (exact) mass is 1350 g/mol. The number of rotatable bonds is 8. The van der Waals surface area contributed by atoms with E-state index in [-0.39, 0.29) is 0 Å². The summed E-state index contributed by atoms with van der Waals surface area (Å²) in [5, 5.41) is 0. The summed E-state index contributed by atoms with van der Waals surface area (Å²) < 4.78 is 0. The van der Waals surface area contributed by atoms with Gasteiger partial charge in [-0.05, 0) is 189 Å². The fourth-order valence-corrected chi connectivity index (χ4v) is 10.9. The van der Waals surface area contributed by atoms with Crippen LogP contribution in [0.1, 0.15) is 44.9 Å². The minimum Gasteiger partial charge on any atom is -0.264 e. The number of aromatic nitrogens is 8. The molecule has 0 bridgehead atoms. The van der Waals surface area contributed by atoms with Crippen molar-refractivity contribution in [2.45, 2.75) is 55.4 Å². The van der Waals surface area contributed by atoms with Crippen LogP contribution in [0.5, 0.6) is 0 Å². The lowest BCUT2D eigenvalue weighted by Crippen LogP contribution is -1.85. The van der Waals surface area contributed by atoms with Gasteiger partial charge in [0.2, 0.25) is 0 Å². The van der Waals surface area contributed by atoms with E-state index in [9.17, 15) is 0 Å². The number of nitrogens with zero attached hydrogens (tertiary/aromatic N) is 8. The zero-order chi connectivity index (χ0) is 72.8. The van der Waals surface area contributed by atoms with E-state index in [4.69, 9.17) is 0 Å². The number of hydrogen-bond donors (Lipinski definition) is 0. The predicted molar refractivity (Wildman–Crippen MR) is 435 cm³/mol. The number of benzene rings is 8. The molecule has 8 aromatic heterocycles. The molecule has 0 radical (unpaired) electrons. The SMILES string of the molecule is Cc1cc(-c2ccccc2)ccn1.Cc1cccc(-c2ccccc2)n1.Cc1cccnc1-c1ccccc1.Cc1ccnc(-c2ccccc2)c1.Cc1ccncc1-c1ccccc1.Cc1cncc(-c2ccccc2)c1.Cc1cnccc1-c1ccccc1.Cc1ncccc1-c1ccccc1. The van der Waals surface area contributed by atoms with Crippen molar-refractivity contribution in [1.82, 2.24) is 39.9 Å². The topological polar surface area (TPSA) is 103 Å². The smallest absolute Gasteiger partial charge is 0.0731 e. The molecule has 0 N–H and O–H groups in total. The molecule has 0 saturated heterocycles. The minimum atomic E-state index is 1.04. The molecule has 0 unspecified atom stereocenters. The Morgan fingerprint density at radius 1 is 0.202 bits per heavy atom. The summed E-state index contributed by atoms with van der Waals surface area (Å²) in [7, 11) is 0. The molecular formula is C96H88N8. The third-order valence-electron chi connectivity index (χ3n) is 16.3. The average Bonchev–Trinajstić information content (AvgIpc) is 0.905. The summed E-state index contributed by atoms with van der Waals surface area (Å²) in [4.78, 5) is 33.9. The van der Waals surface area contributed by atoms with Crippen molar-refractivity contribution in [1.29, 1.82) is 0 Å². The maximum atomic E-state index is 4.44. The zero-order valence-corrected chi connectivity index (χ0v) is 60.5. The normalized spacial score (nSPS) is 9.92. The molecule has 8 heterocycles. The summed E-state index contributed by atoms with van der Waals surface area (Å²) in [6.45, 7) is 16.4. The van der Waals surface area contributed by atoms with E-state index in [1.807, 2.05) is 271 Å². The first-order chi connectivity index (χ1) is 50.9. The Morgan fingerprint density at radius 2 is 0.683 bits per heavy atom. The van der Waals surface area contributed by atoms with Crippen molar-refractivity contribution in [3.63, 3.8) is 0 Å². The van der Waals surface area contributed by atoms with E-state index in [0.717, 1.165) is 34.2 Å². The van der Waals surface area contributed by atoms with Gasteiger partial charge in [0, 0.05) is 112 Å². The Kier molecular flexibility index (Phi) is 30.0. The Labute approximate surface area is 615 Å².